The zero-order valence-electron chi connectivity index (χ0n) is 11.5. The molecule has 1 aliphatic rings. The molecule has 3 rings (SSSR count). The number of aryl methyl sites for hydroxylation is 2. The zero-order valence-corrected chi connectivity index (χ0v) is 12.3. The van der Waals surface area contributed by atoms with Crippen LogP contribution in [0.25, 0.3) is 0 Å². The van der Waals surface area contributed by atoms with Crippen molar-refractivity contribution in [1.82, 2.24) is 4.98 Å². The second-order valence-corrected chi connectivity index (χ2v) is 6.52. The first-order chi connectivity index (χ1) is 9.24. The number of nitrogens with zero attached hydrogens (tertiary/aromatic N) is 1. The summed E-state index contributed by atoms with van der Waals surface area (Å²) in [5.74, 6) is 1.57. The van der Waals surface area contributed by atoms with Gasteiger partial charge in [0.05, 0.1) is 6.04 Å². The zero-order chi connectivity index (χ0) is 13.2. The standard InChI is InChI=1S/C16H20N2S/c1-11(2)16(14-7-4-10-19-14)18-15-9-8-12-5-3-6-13(12)17-15/h4,7-11,16H,3,5-6H2,1-2H3,(H,17,18). The van der Waals surface area contributed by atoms with E-state index < -0.39 is 0 Å². The number of rotatable bonds is 4. The van der Waals surface area contributed by atoms with Crippen molar-refractivity contribution in [2.24, 2.45) is 5.92 Å². The minimum atomic E-state index is 0.354. The monoisotopic (exact) mass is 272 g/mol. The molecule has 0 fully saturated rings. The van der Waals surface area contributed by atoms with Gasteiger partial charge in [0, 0.05) is 10.6 Å². The summed E-state index contributed by atoms with van der Waals surface area (Å²) in [6.45, 7) is 4.51. The molecule has 0 radical (unpaired) electrons. The van der Waals surface area contributed by atoms with Gasteiger partial charge in [0.1, 0.15) is 5.82 Å². The van der Waals surface area contributed by atoms with Crippen molar-refractivity contribution in [2.45, 2.75) is 39.2 Å². The summed E-state index contributed by atoms with van der Waals surface area (Å²) in [4.78, 5) is 6.17. The van der Waals surface area contributed by atoms with Gasteiger partial charge in [0.25, 0.3) is 0 Å². The number of hydrogen-bond donors (Lipinski definition) is 1. The first kappa shape index (κ1) is 12.7. The molecule has 2 aromatic heterocycles. The molecular weight excluding hydrogens is 252 g/mol. The SMILES string of the molecule is CC(C)C(Nc1ccc2c(n1)CCC2)c1cccs1. The number of aromatic nitrogens is 1. The van der Waals surface area contributed by atoms with Gasteiger partial charge in [-0.25, -0.2) is 4.98 Å². The highest BCUT2D eigenvalue weighted by molar-refractivity contribution is 7.10. The molecule has 0 amide bonds. The molecule has 2 heterocycles. The summed E-state index contributed by atoms with van der Waals surface area (Å²) in [5.41, 5.74) is 2.72. The topological polar surface area (TPSA) is 24.9 Å². The lowest BCUT2D eigenvalue weighted by Crippen LogP contribution is -2.16. The number of fused-ring (bicyclic) bond motifs is 1. The van der Waals surface area contributed by atoms with E-state index in [2.05, 4.69) is 48.8 Å². The molecule has 0 bridgehead atoms. The molecule has 1 atom stereocenters. The van der Waals surface area contributed by atoms with Crippen molar-refractivity contribution in [1.29, 1.82) is 0 Å². The molecule has 100 valence electrons. The van der Waals surface area contributed by atoms with E-state index in [1.807, 2.05) is 11.3 Å². The normalized spacial score (nSPS) is 15.5. The molecule has 0 spiro atoms. The summed E-state index contributed by atoms with van der Waals surface area (Å²) < 4.78 is 0. The summed E-state index contributed by atoms with van der Waals surface area (Å²) in [6.07, 6.45) is 3.58. The third-order valence-electron chi connectivity index (χ3n) is 3.75. The van der Waals surface area contributed by atoms with Crippen LogP contribution >= 0.6 is 11.3 Å². The number of pyridine rings is 1. The van der Waals surface area contributed by atoms with Crippen LogP contribution in [-0.4, -0.2) is 4.98 Å². The largest absolute Gasteiger partial charge is 0.362 e. The maximum absolute atomic E-state index is 4.78. The van der Waals surface area contributed by atoms with Crippen LogP contribution in [0.5, 0.6) is 0 Å². The minimum absolute atomic E-state index is 0.354. The van der Waals surface area contributed by atoms with Crippen LogP contribution in [-0.2, 0) is 12.8 Å². The number of thiophene rings is 1. The molecular formula is C16H20N2S. The van der Waals surface area contributed by atoms with E-state index in [1.54, 1.807) is 0 Å². The number of nitrogens with one attached hydrogen (secondary N) is 1. The lowest BCUT2D eigenvalue weighted by atomic mass is 10.0. The Morgan fingerprint density at radius 1 is 1.21 bits per heavy atom. The Kier molecular flexibility index (Phi) is 3.56. The fraction of sp³-hybridized carbons (Fsp3) is 0.438. The van der Waals surface area contributed by atoms with Gasteiger partial charge < -0.3 is 5.32 Å². The Balaban J connectivity index is 1.82. The van der Waals surface area contributed by atoms with Gasteiger partial charge in [-0.15, -0.1) is 11.3 Å². The third kappa shape index (κ3) is 2.66. The molecule has 1 aliphatic carbocycles. The summed E-state index contributed by atoms with van der Waals surface area (Å²) in [6, 6.07) is 9.05. The quantitative estimate of drug-likeness (QED) is 0.890. The average Bonchev–Trinajstić information content (AvgIpc) is 3.06. The van der Waals surface area contributed by atoms with Crippen LogP contribution < -0.4 is 5.32 Å². The predicted molar refractivity (Wildman–Crippen MR) is 81.8 cm³/mol. The van der Waals surface area contributed by atoms with Gasteiger partial charge in [-0.1, -0.05) is 26.0 Å². The maximum atomic E-state index is 4.78. The van der Waals surface area contributed by atoms with E-state index in [4.69, 9.17) is 4.98 Å². The van der Waals surface area contributed by atoms with Gasteiger partial charge in [-0.3, -0.25) is 0 Å². The van der Waals surface area contributed by atoms with Crippen LogP contribution in [0, 0.1) is 5.92 Å². The molecule has 0 aliphatic heterocycles. The van der Waals surface area contributed by atoms with Crippen molar-refractivity contribution in [3.05, 3.63) is 45.8 Å². The molecule has 3 heteroatoms. The van der Waals surface area contributed by atoms with Gasteiger partial charge in [-0.2, -0.15) is 0 Å². The molecule has 19 heavy (non-hydrogen) atoms. The molecule has 0 saturated carbocycles. The minimum Gasteiger partial charge on any atom is -0.362 e. The highest BCUT2D eigenvalue weighted by Gasteiger charge is 2.18. The average molecular weight is 272 g/mol. The van der Waals surface area contributed by atoms with Crippen LogP contribution in [0.2, 0.25) is 0 Å². The Labute approximate surface area is 118 Å². The Hall–Kier alpha value is -1.35. The van der Waals surface area contributed by atoms with Crippen molar-refractivity contribution in [2.75, 3.05) is 5.32 Å². The van der Waals surface area contributed by atoms with Crippen LogP contribution in [0.1, 0.15) is 42.4 Å². The smallest absolute Gasteiger partial charge is 0.126 e. The van der Waals surface area contributed by atoms with Gasteiger partial charge in [0.15, 0.2) is 0 Å². The van der Waals surface area contributed by atoms with E-state index in [0.29, 0.717) is 12.0 Å². The van der Waals surface area contributed by atoms with E-state index in [9.17, 15) is 0 Å². The second-order valence-electron chi connectivity index (χ2n) is 5.54. The Morgan fingerprint density at radius 2 is 2.11 bits per heavy atom. The Morgan fingerprint density at radius 3 is 2.84 bits per heavy atom. The maximum Gasteiger partial charge on any atom is 0.126 e. The summed E-state index contributed by atoms with van der Waals surface area (Å²) in [7, 11) is 0. The lowest BCUT2D eigenvalue weighted by molar-refractivity contribution is 0.552. The van der Waals surface area contributed by atoms with Crippen molar-refractivity contribution in [3.8, 4) is 0 Å². The van der Waals surface area contributed by atoms with Crippen molar-refractivity contribution < 1.29 is 0 Å². The molecule has 2 nitrogen and oxygen atoms in total. The van der Waals surface area contributed by atoms with Crippen LogP contribution in [0.15, 0.2) is 29.6 Å². The highest BCUT2D eigenvalue weighted by atomic mass is 32.1. The second kappa shape index (κ2) is 5.33. The van der Waals surface area contributed by atoms with Gasteiger partial charge in [0.2, 0.25) is 0 Å². The number of anilines is 1. The van der Waals surface area contributed by atoms with Crippen molar-refractivity contribution in [3.63, 3.8) is 0 Å². The first-order valence-electron chi connectivity index (χ1n) is 7.03. The molecule has 2 aromatic rings. The van der Waals surface area contributed by atoms with E-state index in [1.165, 1.54) is 29.0 Å². The number of hydrogen-bond acceptors (Lipinski definition) is 3. The molecule has 1 unspecified atom stereocenters. The fourth-order valence-electron chi connectivity index (χ4n) is 2.69. The van der Waals surface area contributed by atoms with Gasteiger partial charge in [-0.05, 0) is 48.3 Å². The van der Waals surface area contributed by atoms with Crippen LogP contribution in [0.4, 0.5) is 5.82 Å². The van der Waals surface area contributed by atoms with Crippen LogP contribution in [0.3, 0.4) is 0 Å². The predicted octanol–water partition coefficient (Wildman–Crippen LogP) is 4.44. The third-order valence-corrected chi connectivity index (χ3v) is 4.70. The first-order valence-corrected chi connectivity index (χ1v) is 7.91. The van der Waals surface area contributed by atoms with E-state index in [0.717, 1.165) is 12.2 Å². The van der Waals surface area contributed by atoms with Gasteiger partial charge >= 0.3 is 0 Å². The summed E-state index contributed by atoms with van der Waals surface area (Å²) >= 11 is 1.81. The van der Waals surface area contributed by atoms with E-state index in [-0.39, 0.29) is 0 Å². The molecule has 1 N–H and O–H groups in total. The molecule has 0 saturated heterocycles. The fourth-order valence-corrected chi connectivity index (χ4v) is 3.64. The summed E-state index contributed by atoms with van der Waals surface area (Å²) in [5, 5.41) is 5.75. The van der Waals surface area contributed by atoms with Crippen molar-refractivity contribution >= 4 is 17.2 Å². The Bertz CT molecular complexity index is 546. The van der Waals surface area contributed by atoms with E-state index >= 15 is 0 Å². The lowest BCUT2D eigenvalue weighted by Gasteiger charge is -2.22. The highest BCUT2D eigenvalue weighted by Crippen LogP contribution is 2.30. The molecule has 0 aromatic carbocycles.